The molecule has 0 bridgehead atoms. The van der Waals surface area contributed by atoms with Gasteiger partial charge < -0.3 is 24.8 Å². The van der Waals surface area contributed by atoms with Gasteiger partial charge in [-0.1, -0.05) is 61.9 Å². The van der Waals surface area contributed by atoms with Crippen molar-refractivity contribution in [2.45, 2.75) is 57.9 Å². The number of amides is 1. The molecule has 1 saturated heterocycles. The first-order chi connectivity index (χ1) is 22.2. The van der Waals surface area contributed by atoms with Gasteiger partial charge in [-0.3, -0.25) is 4.79 Å². The van der Waals surface area contributed by atoms with Crippen LogP contribution in [0.1, 0.15) is 65.6 Å². The first-order valence-corrected chi connectivity index (χ1v) is 16.0. The number of piperidine rings is 1. The minimum absolute atomic E-state index is 0.0134. The van der Waals surface area contributed by atoms with Crippen molar-refractivity contribution < 1.29 is 28.6 Å². The van der Waals surface area contributed by atoms with Gasteiger partial charge in [0, 0.05) is 6.42 Å². The number of carboxylic acid groups (broad SMARTS) is 1. The van der Waals surface area contributed by atoms with Crippen LogP contribution in [0.3, 0.4) is 0 Å². The van der Waals surface area contributed by atoms with Crippen LogP contribution in [0.5, 0.6) is 11.5 Å². The molecule has 0 saturated carbocycles. The normalized spacial score (nSPS) is 14.6. The zero-order valence-electron chi connectivity index (χ0n) is 27.1. The molecule has 0 unspecified atom stereocenters. The second kappa shape index (κ2) is 14.8. The number of nitrogens with one attached hydrogen (secondary N) is 1. The number of carboxylic acids is 1. The van der Waals surface area contributed by atoms with Crippen molar-refractivity contribution >= 4 is 22.6 Å². The topological polar surface area (TPSA) is 88.1 Å². The predicted octanol–water partition coefficient (Wildman–Crippen LogP) is 7.38. The number of aryl methyl sites for hydroxylation is 1. The molecule has 1 atom stereocenters. The Balaban J connectivity index is 1.47. The summed E-state index contributed by atoms with van der Waals surface area (Å²) >= 11 is 0. The molecule has 0 radical (unpaired) electrons. The summed E-state index contributed by atoms with van der Waals surface area (Å²) < 4.78 is 26.4. The lowest BCUT2D eigenvalue weighted by atomic mass is 9.86. The maximum Gasteiger partial charge on any atom is 0.326 e. The molecule has 1 aliphatic heterocycles. The van der Waals surface area contributed by atoms with Crippen molar-refractivity contribution in [3.8, 4) is 22.6 Å². The van der Waals surface area contributed by atoms with Gasteiger partial charge in [-0.25, -0.2) is 9.18 Å². The fourth-order valence-electron chi connectivity index (χ4n) is 6.65. The SMILES string of the molecule is CCCCN1CCC(c2cc(OC)c(-c3cccc4c(C[C@H](NC(=O)c5c(C)cccc5F)C(=O)O)cccc34)c(OC)c2)CC1. The van der Waals surface area contributed by atoms with Crippen LogP contribution in [0.15, 0.2) is 66.7 Å². The number of unbranched alkanes of at least 4 members (excludes halogenated alkanes) is 1. The third-order valence-electron chi connectivity index (χ3n) is 9.17. The molecule has 1 amide bonds. The number of fused-ring (bicyclic) bond motifs is 1. The van der Waals surface area contributed by atoms with Crippen LogP contribution < -0.4 is 14.8 Å². The molecule has 46 heavy (non-hydrogen) atoms. The molecule has 4 aromatic carbocycles. The standard InChI is InChI=1S/C38H43FN2O5/c1-5-6-18-41-19-16-25(17-20-41)27-22-33(45-3)36(34(23-27)46-4)30-14-9-12-28-26(11-8-13-29(28)30)21-32(38(43)44)40-37(42)35-24(2)10-7-15-31(35)39/h7-15,22-23,25,32H,5-6,16-21H2,1-4H3,(H,40,42)(H,43,44)/t32-/m0/s1. The van der Waals surface area contributed by atoms with Gasteiger partial charge >= 0.3 is 5.97 Å². The van der Waals surface area contributed by atoms with E-state index in [9.17, 15) is 19.1 Å². The lowest BCUT2D eigenvalue weighted by Gasteiger charge is -2.32. The van der Waals surface area contributed by atoms with E-state index in [0.29, 0.717) is 11.5 Å². The molecule has 1 fully saturated rings. The van der Waals surface area contributed by atoms with Crippen LogP contribution in [0.2, 0.25) is 0 Å². The molecule has 0 aliphatic carbocycles. The van der Waals surface area contributed by atoms with Gasteiger partial charge in [0.2, 0.25) is 0 Å². The Morgan fingerprint density at radius 3 is 2.26 bits per heavy atom. The largest absolute Gasteiger partial charge is 0.496 e. The van der Waals surface area contributed by atoms with Gasteiger partial charge in [-0.2, -0.15) is 0 Å². The number of aliphatic carboxylic acids is 1. The molecule has 1 aliphatic rings. The van der Waals surface area contributed by atoms with E-state index in [2.05, 4.69) is 29.3 Å². The Morgan fingerprint density at radius 1 is 0.978 bits per heavy atom. The third-order valence-corrected chi connectivity index (χ3v) is 9.17. The van der Waals surface area contributed by atoms with Gasteiger partial charge in [-0.05, 0) is 103 Å². The molecule has 0 spiro atoms. The maximum absolute atomic E-state index is 14.5. The second-order valence-electron chi connectivity index (χ2n) is 12.1. The highest BCUT2D eigenvalue weighted by atomic mass is 19.1. The molecule has 7 nitrogen and oxygen atoms in total. The molecule has 4 aromatic rings. The summed E-state index contributed by atoms with van der Waals surface area (Å²) in [7, 11) is 3.34. The van der Waals surface area contributed by atoms with E-state index in [1.54, 1.807) is 27.2 Å². The summed E-state index contributed by atoms with van der Waals surface area (Å²) in [5, 5.41) is 14.3. The molecule has 2 N–H and O–H groups in total. The van der Waals surface area contributed by atoms with Crippen LogP contribution in [0, 0.1) is 12.7 Å². The molecule has 1 heterocycles. The van der Waals surface area contributed by atoms with E-state index < -0.39 is 23.7 Å². The van der Waals surface area contributed by atoms with Crippen LogP contribution in [-0.2, 0) is 11.2 Å². The Kier molecular flexibility index (Phi) is 10.6. The fourth-order valence-corrected chi connectivity index (χ4v) is 6.65. The summed E-state index contributed by atoms with van der Waals surface area (Å²) in [6, 6.07) is 18.9. The number of halogens is 1. The van der Waals surface area contributed by atoms with Crippen molar-refractivity contribution in [2.24, 2.45) is 0 Å². The highest BCUT2D eigenvalue weighted by Gasteiger charge is 2.27. The number of carbonyl (C=O) groups excluding carboxylic acids is 1. The van der Waals surface area contributed by atoms with Gasteiger partial charge in [-0.15, -0.1) is 0 Å². The molecule has 5 rings (SSSR count). The maximum atomic E-state index is 14.5. The average molecular weight is 627 g/mol. The number of likely N-dealkylation sites (tertiary alicyclic amines) is 1. The zero-order valence-corrected chi connectivity index (χ0v) is 27.1. The monoisotopic (exact) mass is 626 g/mol. The van der Waals surface area contributed by atoms with Crippen LogP contribution >= 0.6 is 0 Å². The number of hydrogen-bond donors (Lipinski definition) is 2. The van der Waals surface area contributed by atoms with E-state index in [0.717, 1.165) is 71.4 Å². The highest BCUT2D eigenvalue weighted by molar-refractivity contribution is 6.02. The van der Waals surface area contributed by atoms with E-state index in [1.807, 2.05) is 36.4 Å². The Hall–Kier alpha value is -4.43. The minimum atomic E-state index is -1.27. The lowest BCUT2D eigenvalue weighted by molar-refractivity contribution is -0.139. The van der Waals surface area contributed by atoms with Crippen molar-refractivity contribution in [1.82, 2.24) is 10.2 Å². The van der Waals surface area contributed by atoms with E-state index in [1.165, 1.54) is 30.5 Å². The van der Waals surface area contributed by atoms with Crippen molar-refractivity contribution in [1.29, 1.82) is 0 Å². The average Bonchev–Trinajstić information content (AvgIpc) is 3.06. The van der Waals surface area contributed by atoms with Crippen LogP contribution in [0.4, 0.5) is 4.39 Å². The summed E-state index contributed by atoms with van der Waals surface area (Å²) in [6.45, 7) is 7.17. The third kappa shape index (κ3) is 7.02. The predicted molar refractivity (Wildman–Crippen MR) is 180 cm³/mol. The Morgan fingerprint density at radius 2 is 1.63 bits per heavy atom. The smallest absolute Gasteiger partial charge is 0.326 e. The van der Waals surface area contributed by atoms with Crippen molar-refractivity contribution in [3.63, 3.8) is 0 Å². The zero-order chi connectivity index (χ0) is 32.8. The number of carbonyl (C=O) groups is 2. The number of hydrogen-bond acceptors (Lipinski definition) is 5. The molecular weight excluding hydrogens is 583 g/mol. The number of methoxy groups -OCH3 is 2. The lowest BCUT2D eigenvalue weighted by Crippen LogP contribution is -2.42. The molecule has 242 valence electrons. The van der Waals surface area contributed by atoms with E-state index >= 15 is 0 Å². The first-order valence-electron chi connectivity index (χ1n) is 16.0. The van der Waals surface area contributed by atoms with Gasteiger partial charge in [0.05, 0.1) is 25.3 Å². The summed E-state index contributed by atoms with van der Waals surface area (Å²) in [6.07, 6.45) is 4.62. The van der Waals surface area contributed by atoms with Crippen molar-refractivity contribution in [3.05, 3.63) is 94.8 Å². The van der Waals surface area contributed by atoms with Gasteiger partial charge in [0.1, 0.15) is 23.4 Å². The fraction of sp³-hybridized carbons (Fsp3) is 0.368. The second-order valence-corrected chi connectivity index (χ2v) is 12.1. The summed E-state index contributed by atoms with van der Waals surface area (Å²) in [5.41, 5.74) is 3.95. The Labute approximate surface area is 270 Å². The first kappa shape index (κ1) is 32.9. The van der Waals surface area contributed by atoms with Crippen LogP contribution in [0.25, 0.3) is 21.9 Å². The number of ether oxygens (including phenoxy) is 2. The van der Waals surface area contributed by atoms with Crippen molar-refractivity contribution in [2.75, 3.05) is 33.9 Å². The van der Waals surface area contributed by atoms with Crippen LogP contribution in [-0.4, -0.2) is 61.8 Å². The van der Waals surface area contributed by atoms with Gasteiger partial charge in [0.15, 0.2) is 0 Å². The summed E-state index contributed by atoms with van der Waals surface area (Å²) in [4.78, 5) is 27.9. The van der Waals surface area contributed by atoms with Gasteiger partial charge in [0.25, 0.3) is 5.91 Å². The highest BCUT2D eigenvalue weighted by Crippen LogP contribution is 2.45. The molecule has 8 heteroatoms. The molecular formula is C38H43FN2O5. The number of rotatable bonds is 12. The van der Waals surface area contributed by atoms with E-state index in [4.69, 9.17) is 9.47 Å². The Bertz CT molecular complexity index is 1670. The quantitative estimate of drug-likeness (QED) is 0.171. The minimum Gasteiger partial charge on any atom is -0.496 e. The summed E-state index contributed by atoms with van der Waals surface area (Å²) in [5.74, 6) is -0.795. The number of benzene rings is 4. The number of nitrogens with zero attached hydrogens (tertiary/aromatic N) is 1. The molecule has 0 aromatic heterocycles. The van der Waals surface area contributed by atoms with E-state index in [-0.39, 0.29) is 12.0 Å².